The number of ether oxygens (including phenoxy) is 1. The first-order chi connectivity index (χ1) is 15.0. The molecule has 6 heteroatoms. The maximum Gasteiger partial charge on any atom is 0.410 e. The van der Waals surface area contributed by atoms with Gasteiger partial charge in [0.05, 0.1) is 0 Å². The van der Waals surface area contributed by atoms with Crippen LogP contribution in [0.2, 0.25) is 0 Å². The third-order valence-electron chi connectivity index (χ3n) is 7.58. The average Bonchev–Trinajstić information content (AvgIpc) is 3.02. The number of carbonyl (C=O) groups excluding carboxylic acids is 2. The Morgan fingerprint density at radius 3 is 2.44 bits per heavy atom. The van der Waals surface area contributed by atoms with Gasteiger partial charge in [-0.05, 0) is 66.0 Å². The lowest BCUT2D eigenvalue weighted by molar-refractivity contribution is -0.0370. The van der Waals surface area contributed by atoms with Crippen molar-refractivity contribution in [3.8, 4) is 0 Å². The number of rotatable bonds is 2. The number of hydrogen-bond acceptors (Lipinski definition) is 5. The summed E-state index contributed by atoms with van der Waals surface area (Å²) in [7, 11) is 0. The number of carbonyl (C=O) groups is 2. The Balaban J connectivity index is 1.37. The van der Waals surface area contributed by atoms with Gasteiger partial charge in [0.25, 0.3) is 0 Å². The molecule has 1 unspecified atom stereocenters. The lowest BCUT2D eigenvalue weighted by Gasteiger charge is -2.52. The molecule has 1 aliphatic carbocycles. The summed E-state index contributed by atoms with van der Waals surface area (Å²) in [5.74, 6) is 0.282. The molecule has 0 spiro atoms. The summed E-state index contributed by atoms with van der Waals surface area (Å²) in [4.78, 5) is 32.1. The number of Topliss-reactive ketones (excluding diaryl/α,β-unsaturated/α-hetero) is 1. The van der Waals surface area contributed by atoms with Gasteiger partial charge in [-0.25, -0.2) is 4.79 Å². The highest BCUT2D eigenvalue weighted by Crippen LogP contribution is 2.39. The highest BCUT2D eigenvalue weighted by atomic mass is 16.6. The summed E-state index contributed by atoms with van der Waals surface area (Å²) in [5, 5.41) is 0. The van der Waals surface area contributed by atoms with E-state index in [4.69, 9.17) is 4.74 Å². The van der Waals surface area contributed by atoms with Gasteiger partial charge in [-0.1, -0.05) is 17.7 Å². The predicted molar refractivity (Wildman–Crippen MR) is 126 cm³/mol. The molecule has 4 rings (SSSR count). The van der Waals surface area contributed by atoms with Crippen molar-refractivity contribution in [1.82, 2.24) is 14.7 Å². The lowest BCUT2D eigenvalue weighted by Crippen LogP contribution is -2.62. The number of ketones is 1. The van der Waals surface area contributed by atoms with E-state index >= 15 is 0 Å². The SMILES string of the molecule is Cc1ccc2c(c1)C(=O)CC2N1CCN(C2(C)CCN(C(=O)OC(C)(C)C)CC2)C[C@@H]1C. The third kappa shape index (κ3) is 4.58. The van der Waals surface area contributed by atoms with Crippen LogP contribution in [0.4, 0.5) is 4.79 Å². The van der Waals surface area contributed by atoms with Gasteiger partial charge >= 0.3 is 6.09 Å². The third-order valence-corrected chi connectivity index (χ3v) is 7.58. The standard InChI is InChI=1S/C26H39N3O3/c1-18-7-8-20-21(15-18)23(30)16-22(20)29-14-13-28(17-19(29)2)26(6)9-11-27(12-10-26)24(31)32-25(3,4)5/h7-8,15,19,22H,9-14,16-17H2,1-6H3/t19-,22?/m0/s1. The number of hydrogen-bond donors (Lipinski definition) is 0. The molecule has 2 heterocycles. The fraction of sp³-hybridized carbons (Fsp3) is 0.692. The van der Waals surface area contributed by atoms with Crippen LogP contribution in [-0.2, 0) is 4.74 Å². The van der Waals surface area contributed by atoms with Crippen LogP contribution in [0.5, 0.6) is 0 Å². The molecular weight excluding hydrogens is 402 g/mol. The summed E-state index contributed by atoms with van der Waals surface area (Å²) >= 11 is 0. The maximum absolute atomic E-state index is 12.6. The minimum atomic E-state index is -0.456. The molecule has 2 fully saturated rings. The number of piperazine rings is 1. The van der Waals surface area contributed by atoms with E-state index in [0.29, 0.717) is 12.5 Å². The zero-order valence-electron chi connectivity index (χ0n) is 20.6. The fourth-order valence-corrected chi connectivity index (χ4v) is 5.63. The number of amides is 1. The van der Waals surface area contributed by atoms with Gasteiger partial charge in [0, 0.05) is 62.3 Å². The van der Waals surface area contributed by atoms with Crippen molar-refractivity contribution in [1.29, 1.82) is 0 Å². The van der Waals surface area contributed by atoms with E-state index in [1.165, 1.54) is 5.56 Å². The molecular formula is C26H39N3O3. The van der Waals surface area contributed by atoms with Crippen molar-refractivity contribution in [2.24, 2.45) is 0 Å². The first-order valence-electron chi connectivity index (χ1n) is 12.1. The van der Waals surface area contributed by atoms with Crippen LogP contribution in [0, 0.1) is 6.92 Å². The minimum absolute atomic E-state index is 0.0966. The van der Waals surface area contributed by atoms with Crippen molar-refractivity contribution in [2.45, 2.75) is 84.0 Å². The summed E-state index contributed by atoms with van der Waals surface area (Å²) in [5.41, 5.74) is 2.92. The van der Waals surface area contributed by atoms with Gasteiger partial charge in [0.15, 0.2) is 5.78 Å². The Kier molecular flexibility index (Phi) is 6.14. The zero-order valence-corrected chi connectivity index (χ0v) is 20.6. The van der Waals surface area contributed by atoms with Gasteiger partial charge in [-0.3, -0.25) is 14.6 Å². The van der Waals surface area contributed by atoms with Crippen molar-refractivity contribution in [3.05, 3.63) is 34.9 Å². The van der Waals surface area contributed by atoms with Crippen molar-refractivity contribution < 1.29 is 14.3 Å². The van der Waals surface area contributed by atoms with Crippen molar-refractivity contribution >= 4 is 11.9 Å². The first-order valence-corrected chi connectivity index (χ1v) is 12.1. The Hall–Kier alpha value is -1.92. The van der Waals surface area contributed by atoms with Gasteiger partial charge in [-0.15, -0.1) is 0 Å². The van der Waals surface area contributed by atoms with Crippen LogP contribution < -0.4 is 0 Å². The average molecular weight is 442 g/mol. The van der Waals surface area contributed by atoms with E-state index in [9.17, 15) is 9.59 Å². The van der Waals surface area contributed by atoms with Gasteiger partial charge < -0.3 is 9.64 Å². The van der Waals surface area contributed by atoms with E-state index < -0.39 is 5.60 Å². The molecule has 1 aromatic rings. The highest BCUT2D eigenvalue weighted by molar-refractivity contribution is 6.01. The van der Waals surface area contributed by atoms with Crippen LogP contribution in [0.1, 0.15) is 81.4 Å². The molecule has 1 amide bonds. The molecule has 176 valence electrons. The monoisotopic (exact) mass is 441 g/mol. The quantitative estimate of drug-likeness (QED) is 0.680. The van der Waals surface area contributed by atoms with Gasteiger partial charge in [0.1, 0.15) is 5.60 Å². The molecule has 2 atom stereocenters. The van der Waals surface area contributed by atoms with Gasteiger partial charge in [0.2, 0.25) is 0 Å². The van der Waals surface area contributed by atoms with E-state index in [-0.39, 0.29) is 23.5 Å². The Morgan fingerprint density at radius 1 is 1.12 bits per heavy atom. The second-order valence-electron chi connectivity index (χ2n) is 11.2. The van der Waals surface area contributed by atoms with E-state index in [0.717, 1.165) is 56.7 Å². The summed E-state index contributed by atoms with van der Waals surface area (Å²) < 4.78 is 5.56. The van der Waals surface area contributed by atoms with Crippen LogP contribution in [0.15, 0.2) is 18.2 Å². The first kappa shape index (κ1) is 23.2. The molecule has 32 heavy (non-hydrogen) atoms. The molecule has 2 saturated heterocycles. The van der Waals surface area contributed by atoms with Crippen molar-refractivity contribution in [3.63, 3.8) is 0 Å². The summed E-state index contributed by atoms with van der Waals surface area (Å²) in [6.45, 7) is 16.9. The smallest absolute Gasteiger partial charge is 0.410 e. The van der Waals surface area contributed by atoms with E-state index in [2.05, 4.69) is 48.8 Å². The second kappa shape index (κ2) is 8.45. The molecule has 0 radical (unpaired) electrons. The molecule has 2 aliphatic heterocycles. The molecule has 0 N–H and O–H groups in total. The topological polar surface area (TPSA) is 53.1 Å². The van der Waals surface area contributed by atoms with E-state index in [1.807, 2.05) is 25.7 Å². The number of fused-ring (bicyclic) bond motifs is 1. The molecule has 3 aliphatic rings. The van der Waals surface area contributed by atoms with E-state index in [1.54, 1.807) is 0 Å². The Labute approximate surface area is 192 Å². The molecule has 0 aromatic heterocycles. The number of nitrogens with zero attached hydrogens (tertiary/aromatic N) is 3. The minimum Gasteiger partial charge on any atom is -0.444 e. The number of piperidine rings is 1. The Morgan fingerprint density at radius 2 is 1.81 bits per heavy atom. The molecule has 0 saturated carbocycles. The number of likely N-dealkylation sites (tertiary alicyclic amines) is 1. The normalized spacial score (nSPS) is 26.8. The fourth-order valence-electron chi connectivity index (χ4n) is 5.63. The maximum atomic E-state index is 12.6. The largest absolute Gasteiger partial charge is 0.444 e. The van der Waals surface area contributed by atoms with Gasteiger partial charge in [-0.2, -0.15) is 0 Å². The number of aryl methyl sites for hydroxylation is 1. The Bertz CT molecular complexity index is 883. The molecule has 0 bridgehead atoms. The highest BCUT2D eigenvalue weighted by Gasteiger charge is 2.43. The summed E-state index contributed by atoms with van der Waals surface area (Å²) in [6, 6.07) is 6.93. The number of benzene rings is 1. The van der Waals surface area contributed by atoms with Crippen molar-refractivity contribution in [2.75, 3.05) is 32.7 Å². The molecule has 6 nitrogen and oxygen atoms in total. The lowest BCUT2D eigenvalue weighted by atomic mass is 9.86. The summed E-state index contributed by atoms with van der Waals surface area (Å²) in [6.07, 6.45) is 2.33. The van der Waals surface area contributed by atoms with Crippen LogP contribution in [0.3, 0.4) is 0 Å². The molecule has 1 aromatic carbocycles. The second-order valence-corrected chi connectivity index (χ2v) is 11.2. The predicted octanol–water partition coefficient (Wildman–Crippen LogP) is 4.42. The van der Waals surface area contributed by atoms with Crippen LogP contribution >= 0.6 is 0 Å². The van der Waals surface area contributed by atoms with Crippen LogP contribution in [-0.4, -0.2) is 76.5 Å². The zero-order chi connectivity index (χ0) is 23.3. The van der Waals surface area contributed by atoms with Crippen LogP contribution in [0.25, 0.3) is 0 Å².